The second kappa shape index (κ2) is 8.81. The van der Waals surface area contributed by atoms with Gasteiger partial charge in [-0.05, 0) is 47.1 Å². The molecule has 1 heterocycles. The van der Waals surface area contributed by atoms with Gasteiger partial charge in [-0.1, -0.05) is 54.1 Å². The molecule has 0 N–H and O–H groups in total. The van der Waals surface area contributed by atoms with Crippen molar-refractivity contribution in [3.8, 4) is 17.1 Å². The van der Waals surface area contributed by atoms with Gasteiger partial charge in [-0.3, -0.25) is 4.79 Å². The predicted molar refractivity (Wildman–Crippen MR) is 125 cm³/mol. The van der Waals surface area contributed by atoms with Crippen molar-refractivity contribution in [2.75, 3.05) is 6.61 Å². The zero-order chi connectivity index (χ0) is 21.1. The summed E-state index contributed by atoms with van der Waals surface area (Å²) >= 11 is 9.68. The number of para-hydroxylation sites is 1. The maximum atomic E-state index is 13.2. The predicted octanol–water partition coefficient (Wildman–Crippen LogP) is 5.76. The summed E-state index contributed by atoms with van der Waals surface area (Å²) in [7, 11) is 0. The Morgan fingerprint density at radius 1 is 1.13 bits per heavy atom. The van der Waals surface area contributed by atoms with Gasteiger partial charge in [0.05, 0.1) is 28.2 Å². The van der Waals surface area contributed by atoms with Crippen LogP contribution in [0.15, 0.2) is 81.1 Å². The second-order valence-corrected chi connectivity index (χ2v) is 7.71. The van der Waals surface area contributed by atoms with Gasteiger partial charge in [0.2, 0.25) is 0 Å². The van der Waals surface area contributed by atoms with Gasteiger partial charge in [0.1, 0.15) is 5.75 Å². The number of aromatic nitrogens is 2. The first-order chi connectivity index (χ1) is 14.6. The maximum Gasteiger partial charge on any atom is 0.282 e. The van der Waals surface area contributed by atoms with E-state index in [-0.39, 0.29) is 5.56 Å². The normalized spacial score (nSPS) is 11.3. The topological polar surface area (TPSA) is 56.5 Å². The zero-order valence-electron chi connectivity index (χ0n) is 16.0. The molecule has 7 heteroatoms. The SMILES string of the molecule is CCOc1c(Br)cc(Cl)cc1C=Nn1c(-c2ccccc2)nc2ccccc2c1=O. The number of hydrogen-bond donors (Lipinski definition) is 0. The van der Waals surface area contributed by atoms with E-state index in [4.69, 9.17) is 21.3 Å². The molecule has 30 heavy (non-hydrogen) atoms. The van der Waals surface area contributed by atoms with Crippen LogP contribution in [0.2, 0.25) is 5.02 Å². The van der Waals surface area contributed by atoms with E-state index in [0.29, 0.717) is 44.1 Å². The molecule has 0 unspecified atom stereocenters. The van der Waals surface area contributed by atoms with E-state index in [1.54, 1.807) is 24.4 Å². The summed E-state index contributed by atoms with van der Waals surface area (Å²) in [6.45, 7) is 2.38. The molecule has 3 aromatic carbocycles. The summed E-state index contributed by atoms with van der Waals surface area (Å²) < 4.78 is 7.75. The molecule has 0 atom stereocenters. The standard InChI is InChI=1S/C23H17BrClN3O2/c1-2-30-21-16(12-17(25)13-19(21)24)14-26-28-22(15-8-4-3-5-9-15)27-20-11-7-6-10-18(20)23(28)29/h3-14H,2H2,1H3. The molecule has 0 saturated heterocycles. The Bertz CT molecular complexity index is 1300. The van der Waals surface area contributed by atoms with Crippen molar-refractivity contribution in [3.63, 3.8) is 0 Å². The van der Waals surface area contributed by atoms with Crippen molar-refractivity contribution >= 4 is 44.6 Å². The summed E-state index contributed by atoms with van der Waals surface area (Å²) in [6.07, 6.45) is 1.56. The number of benzene rings is 3. The monoisotopic (exact) mass is 481 g/mol. The lowest BCUT2D eigenvalue weighted by Gasteiger charge is -2.11. The second-order valence-electron chi connectivity index (χ2n) is 6.42. The molecule has 5 nitrogen and oxygen atoms in total. The van der Waals surface area contributed by atoms with Crippen molar-refractivity contribution in [2.45, 2.75) is 6.92 Å². The van der Waals surface area contributed by atoms with Crippen LogP contribution in [0.1, 0.15) is 12.5 Å². The van der Waals surface area contributed by atoms with Crippen LogP contribution in [0.3, 0.4) is 0 Å². The van der Waals surface area contributed by atoms with Gasteiger partial charge in [-0.15, -0.1) is 0 Å². The lowest BCUT2D eigenvalue weighted by molar-refractivity contribution is 0.337. The molecule has 150 valence electrons. The Labute approximate surface area is 186 Å². The molecular weight excluding hydrogens is 466 g/mol. The summed E-state index contributed by atoms with van der Waals surface area (Å²) in [6, 6.07) is 20.2. The summed E-state index contributed by atoms with van der Waals surface area (Å²) in [5.41, 5.74) is 1.80. The van der Waals surface area contributed by atoms with E-state index >= 15 is 0 Å². The van der Waals surface area contributed by atoms with Gasteiger partial charge in [-0.2, -0.15) is 9.78 Å². The number of ether oxygens (including phenoxy) is 1. The summed E-state index contributed by atoms with van der Waals surface area (Å²) in [5, 5.41) is 5.50. The zero-order valence-corrected chi connectivity index (χ0v) is 18.4. The van der Waals surface area contributed by atoms with Crippen molar-refractivity contribution in [2.24, 2.45) is 5.10 Å². The Kier molecular flexibility index (Phi) is 5.97. The molecule has 0 fully saturated rings. The van der Waals surface area contributed by atoms with Crippen LogP contribution in [0.5, 0.6) is 5.75 Å². The van der Waals surface area contributed by atoms with Gasteiger partial charge in [0.15, 0.2) is 5.82 Å². The van der Waals surface area contributed by atoms with Gasteiger partial charge in [0.25, 0.3) is 5.56 Å². The Morgan fingerprint density at radius 2 is 1.87 bits per heavy atom. The van der Waals surface area contributed by atoms with Crippen LogP contribution in [0.4, 0.5) is 0 Å². The van der Waals surface area contributed by atoms with Gasteiger partial charge < -0.3 is 4.74 Å². The Hall–Kier alpha value is -2.96. The van der Waals surface area contributed by atoms with Crippen LogP contribution in [0, 0.1) is 0 Å². The lowest BCUT2D eigenvalue weighted by atomic mass is 10.2. The van der Waals surface area contributed by atoms with E-state index in [2.05, 4.69) is 21.0 Å². The van der Waals surface area contributed by atoms with E-state index in [1.165, 1.54) is 4.68 Å². The van der Waals surface area contributed by atoms with Crippen molar-refractivity contribution < 1.29 is 4.74 Å². The quantitative estimate of drug-likeness (QED) is 0.340. The first kappa shape index (κ1) is 20.3. The van der Waals surface area contributed by atoms with Crippen LogP contribution in [-0.4, -0.2) is 22.5 Å². The molecule has 0 aliphatic carbocycles. The van der Waals surface area contributed by atoms with Crippen LogP contribution >= 0.6 is 27.5 Å². The highest BCUT2D eigenvalue weighted by atomic mass is 79.9. The average molecular weight is 483 g/mol. The molecule has 4 aromatic rings. The molecule has 0 radical (unpaired) electrons. The van der Waals surface area contributed by atoms with Crippen molar-refractivity contribution in [3.05, 3.63) is 92.1 Å². The summed E-state index contributed by atoms with van der Waals surface area (Å²) in [4.78, 5) is 17.9. The van der Waals surface area contributed by atoms with E-state index in [1.807, 2.05) is 55.5 Å². The highest BCUT2D eigenvalue weighted by molar-refractivity contribution is 9.10. The van der Waals surface area contributed by atoms with Crippen molar-refractivity contribution in [1.82, 2.24) is 9.66 Å². The fraction of sp³-hybridized carbons (Fsp3) is 0.0870. The minimum Gasteiger partial charge on any atom is -0.492 e. The smallest absolute Gasteiger partial charge is 0.282 e. The molecule has 0 bridgehead atoms. The average Bonchev–Trinajstić information content (AvgIpc) is 2.76. The number of halogens is 2. The molecule has 0 aliphatic heterocycles. The number of fused-ring (bicyclic) bond motifs is 1. The highest BCUT2D eigenvalue weighted by Crippen LogP contribution is 2.32. The number of nitrogens with zero attached hydrogens (tertiary/aromatic N) is 3. The van der Waals surface area contributed by atoms with Gasteiger partial charge in [0, 0.05) is 16.1 Å². The van der Waals surface area contributed by atoms with Gasteiger partial charge >= 0.3 is 0 Å². The molecule has 4 rings (SSSR count). The van der Waals surface area contributed by atoms with Gasteiger partial charge in [-0.25, -0.2) is 4.98 Å². The minimum absolute atomic E-state index is 0.255. The molecular formula is C23H17BrClN3O2. The van der Waals surface area contributed by atoms with E-state index < -0.39 is 0 Å². The molecule has 0 aliphatic rings. The summed E-state index contributed by atoms with van der Waals surface area (Å²) in [5.74, 6) is 1.06. The fourth-order valence-corrected chi connectivity index (χ4v) is 4.05. The first-order valence-corrected chi connectivity index (χ1v) is 10.5. The van der Waals surface area contributed by atoms with Crippen LogP contribution in [-0.2, 0) is 0 Å². The third kappa shape index (κ3) is 4.01. The van der Waals surface area contributed by atoms with E-state index in [0.717, 1.165) is 5.56 Å². The van der Waals surface area contributed by atoms with E-state index in [9.17, 15) is 4.79 Å². The molecule has 1 aromatic heterocycles. The third-order valence-electron chi connectivity index (χ3n) is 4.42. The molecule has 0 amide bonds. The molecule has 0 saturated carbocycles. The lowest BCUT2D eigenvalue weighted by Crippen LogP contribution is -2.20. The fourth-order valence-electron chi connectivity index (χ4n) is 3.10. The largest absolute Gasteiger partial charge is 0.492 e. The minimum atomic E-state index is -0.255. The Morgan fingerprint density at radius 3 is 2.63 bits per heavy atom. The highest BCUT2D eigenvalue weighted by Gasteiger charge is 2.13. The van der Waals surface area contributed by atoms with Crippen LogP contribution < -0.4 is 10.3 Å². The van der Waals surface area contributed by atoms with Crippen LogP contribution in [0.25, 0.3) is 22.3 Å². The number of hydrogen-bond acceptors (Lipinski definition) is 4. The first-order valence-electron chi connectivity index (χ1n) is 9.32. The number of rotatable bonds is 5. The third-order valence-corrected chi connectivity index (χ3v) is 5.23. The Balaban J connectivity index is 1.93. The van der Waals surface area contributed by atoms with Crippen molar-refractivity contribution in [1.29, 1.82) is 0 Å². The molecule has 0 spiro atoms. The maximum absolute atomic E-state index is 13.2.